The van der Waals surface area contributed by atoms with Gasteiger partial charge in [0, 0.05) is 22.1 Å². The molecule has 1 heterocycles. The van der Waals surface area contributed by atoms with Crippen LogP contribution in [-0.2, 0) is 5.75 Å². The van der Waals surface area contributed by atoms with Crippen LogP contribution in [0.2, 0.25) is 0 Å². The maximum absolute atomic E-state index is 12.8. The Balaban J connectivity index is 1.38. The third-order valence-corrected chi connectivity index (χ3v) is 6.07. The van der Waals surface area contributed by atoms with Gasteiger partial charge in [0.05, 0.1) is 0 Å². The van der Waals surface area contributed by atoms with Crippen LogP contribution in [0.25, 0.3) is 0 Å². The molecule has 0 radical (unpaired) electrons. The molecule has 0 aliphatic heterocycles. The number of aromatic nitrogens is 2. The van der Waals surface area contributed by atoms with E-state index in [1.807, 2.05) is 56.3 Å². The van der Waals surface area contributed by atoms with E-state index in [0.717, 1.165) is 29.3 Å². The van der Waals surface area contributed by atoms with Crippen molar-refractivity contribution in [1.82, 2.24) is 15.5 Å². The van der Waals surface area contributed by atoms with Gasteiger partial charge < -0.3 is 9.84 Å². The van der Waals surface area contributed by atoms with Crippen LogP contribution < -0.4 is 5.32 Å². The summed E-state index contributed by atoms with van der Waals surface area (Å²) in [5.74, 6) is 2.60. The molecule has 1 amide bonds. The van der Waals surface area contributed by atoms with E-state index in [9.17, 15) is 4.79 Å². The molecule has 3 aromatic rings. The molecule has 1 saturated carbocycles. The molecule has 29 heavy (non-hydrogen) atoms. The summed E-state index contributed by atoms with van der Waals surface area (Å²) in [7, 11) is 0. The van der Waals surface area contributed by atoms with E-state index in [1.165, 1.54) is 5.56 Å². The molecular formula is C23H25N3O2S. The summed E-state index contributed by atoms with van der Waals surface area (Å²) in [5.41, 5.74) is 1.91. The number of hydrogen-bond donors (Lipinski definition) is 1. The van der Waals surface area contributed by atoms with Crippen molar-refractivity contribution >= 4 is 17.7 Å². The number of carbonyl (C=O) groups excluding carboxylic acids is 1. The lowest BCUT2D eigenvalue weighted by Crippen LogP contribution is -2.32. The second kappa shape index (κ2) is 8.82. The van der Waals surface area contributed by atoms with Crippen LogP contribution in [0, 0.1) is 5.92 Å². The molecule has 1 aromatic heterocycles. The molecule has 1 atom stereocenters. The molecule has 1 fully saturated rings. The number of hydrogen-bond acceptors (Lipinski definition) is 5. The van der Waals surface area contributed by atoms with E-state index in [1.54, 1.807) is 11.8 Å². The van der Waals surface area contributed by atoms with Gasteiger partial charge in [-0.2, -0.15) is 4.98 Å². The third kappa shape index (κ3) is 5.07. The third-order valence-electron chi connectivity index (χ3n) is 4.98. The smallest absolute Gasteiger partial charge is 0.251 e. The maximum Gasteiger partial charge on any atom is 0.251 e. The number of rotatable bonds is 8. The highest BCUT2D eigenvalue weighted by atomic mass is 32.2. The van der Waals surface area contributed by atoms with Crippen molar-refractivity contribution in [3.05, 3.63) is 77.4 Å². The zero-order valence-electron chi connectivity index (χ0n) is 16.7. The standard InChI is InChI=1S/C23H25N3O2S/c1-15(2)20(23-25-21(26-28-23)17-8-9-17)24-22(27)18-10-12-19(13-11-18)29-14-16-6-4-3-5-7-16/h3-7,10-13,15,17,20H,8-9,14H2,1-2H3,(H,24,27). The van der Waals surface area contributed by atoms with E-state index in [2.05, 4.69) is 27.6 Å². The van der Waals surface area contributed by atoms with E-state index in [4.69, 9.17) is 4.52 Å². The molecule has 0 spiro atoms. The van der Waals surface area contributed by atoms with Crippen molar-refractivity contribution in [2.24, 2.45) is 5.92 Å². The van der Waals surface area contributed by atoms with Crippen LogP contribution in [0.4, 0.5) is 0 Å². The molecular weight excluding hydrogens is 382 g/mol. The zero-order valence-corrected chi connectivity index (χ0v) is 17.5. The van der Waals surface area contributed by atoms with Crippen LogP contribution in [0.15, 0.2) is 64.0 Å². The van der Waals surface area contributed by atoms with Crippen LogP contribution in [0.3, 0.4) is 0 Å². The van der Waals surface area contributed by atoms with Crippen LogP contribution in [0.1, 0.15) is 66.3 Å². The molecule has 1 unspecified atom stereocenters. The first-order chi connectivity index (χ1) is 14.1. The topological polar surface area (TPSA) is 68.0 Å². The molecule has 150 valence electrons. The number of thioether (sulfide) groups is 1. The zero-order chi connectivity index (χ0) is 20.2. The second-order valence-electron chi connectivity index (χ2n) is 7.76. The largest absolute Gasteiger partial charge is 0.340 e. The van der Waals surface area contributed by atoms with Gasteiger partial charge in [-0.1, -0.05) is 49.3 Å². The highest BCUT2D eigenvalue weighted by Gasteiger charge is 2.31. The van der Waals surface area contributed by atoms with Crippen molar-refractivity contribution in [3.8, 4) is 0 Å². The Morgan fingerprint density at radius 3 is 2.52 bits per heavy atom. The van der Waals surface area contributed by atoms with Crippen molar-refractivity contribution in [2.45, 2.75) is 49.3 Å². The highest BCUT2D eigenvalue weighted by molar-refractivity contribution is 7.98. The van der Waals surface area contributed by atoms with E-state index in [0.29, 0.717) is 17.4 Å². The molecule has 1 N–H and O–H groups in total. The minimum atomic E-state index is -0.297. The molecule has 0 saturated heterocycles. The van der Waals surface area contributed by atoms with E-state index < -0.39 is 0 Å². The molecule has 1 aliphatic rings. The summed E-state index contributed by atoms with van der Waals surface area (Å²) in [6.45, 7) is 4.07. The second-order valence-corrected chi connectivity index (χ2v) is 8.81. The van der Waals surface area contributed by atoms with Gasteiger partial charge in [-0.05, 0) is 48.6 Å². The van der Waals surface area contributed by atoms with E-state index in [-0.39, 0.29) is 17.9 Å². The Morgan fingerprint density at radius 2 is 1.86 bits per heavy atom. The van der Waals surface area contributed by atoms with Gasteiger partial charge in [-0.15, -0.1) is 11.8 Å². The molecule has 5 nitrogen and oxygen atoms in total. The quantitative estimate of drug-likeness (QED) is 0.509. The highest BCUT2D eigenvalue weighted by Crippen LogP contribution is 2.38. The molecule has 2 aromatic carbocycles. The predicted octanol–water partition coefficient (Wildman–Crippen LogP) is 5.37. The maximum atomic E-state index is 12.8. The number of nitrogens with zero attached hydrogens (tertiary/aromatic N) is 2. The van der Waals surface area contributed by atoms with Crippen LogP contribution in [0.5, 0.6) is 0 Å². The Bertz CT molecular complexity index is 950. The van der Waals surface area contributed by atoms with Gasteiger partial charge in [0.2, 0.25) is 5.89 Å². The van der Waals surface area contributed by atoms with Crippen molar-refractivity contribution < 1.29 is 9.32 Å². The Hall–Kier alpha value is -2.60. The van der Waals surface area contributed by atoms with Gasteiger partial charge in [-0.25, -0.2) is 0 Å². The molecule has 4 rings (SSSR count). The first-order valence-electron chi connectivity index (χ1n) is 10.0. The van der Waals surface area contributed by atoms with Gasteiger partial charge in [0.1, 0.15) is 6.04 Å². The number of carbonyl (C=O) groups is 1. The lowest BCUT2D eigenvalue weighted by atomic mass is 10.0. The monoisotopic (exact) mass is 407 g/mol. The fourth-order valence-electron chi connectivity index (χ4n) is 3.06. The summed E-state index contributed by atoms with van der Waals surface area (Å²) >= 11 is 1.76. The number of nitrogens with one attached hydrogen (secondary N) is 1. The summed E-state index contributed by atoms with van der Waals surface area (Å²) in [4.78, 5) is 18.4. The average molecular weight is 408 g/mol. The van der Waals surface area contributed by atoms with Crippen molar-refractivity contribution in [3.63, 3.8) is 0 Å². The first-order valence-corrected chi connectivity index (χ1v) is 11.0. The van der Waals surface area contributed by atoms with E-state index >= 15 is 0 Å². The van der Waals surface area contributed by atoms with Gasteiger partial charge in [0.15, 0.2) is 5.82 Å². The summed E-state index contributed by atoms with van der Waals surface area (Å²) in [6.07, 6.45) is 2.23. The lowest BCUT2D eigenvalue weighted by molar-refractivity contribution is 0.0914. The first kappa shape index (κ1) is 19.7. The molecule has 6 heteroatoms. The fraction of sp³-hybridized carbons (Fsp3) is 0.348. The predicted molar refractivity (Wildman–Crippen MR) is 114 cm³/mol. The van der Waals surface area contributed by atoms with Crippen molar-refractivity contribution in [1.29, 1.82) is 0 Å². The summed E-state index contributed by atoms with van der Waals surface area (Å²) in [6, 6.07) is 17.8. The average Bonchev–Trinajstić information content (AvgIpc) is 3.48. The minimum Gasteiger partial charge on any atom is -0.340 e. The summed E-state index contributed by atoms with van der Waals surface area (Å²) < 4.78 is 5.44. The minimum absolute atomic E-state index is 0.130. The van der Waals surface area contributed by atoms with Crippen molar-refractivity contribution in [2.75, 3.05) is 0 Å². The Kier molecular flexibility index (Phi) is 6.00. The van der Waals surface area contributed by atoms with Gasteiger partial charge in [0.25, 0.3) is 5.91 Å². The fourth-order valence-corrected chi connectivity index (χ4v) is 3.92. The summed E-state index contributed by atoms with van der Waals surface area (Å²) in [5, 5.41) is 7.14. The molecule has 0 bridgehead atoms. The number of amides is 1. The van der Waals surface area contributed by atoms with Crippen LogP contribution in [-0.4, -0.2) is 16.0 Å². The molecule has 1 aliphatic carbocycles. The van der Waals surface area contributed by atoms with Gasteiger partial charge in [-0.3, -0.25) is 4.79 Å². The Labute approximate surface area is 175 Å². The normalized spacial score (nSPS) is 14.7. The van der Waals surface area contributed by atoms with Crippen LogP contribution >= 0.6 is 11.8 Å². The number of benzene rings is 2. The SMILES string of the molecule is CC(C)C(NC(=O)c1ccc(SCc2ccccc2)cc1)c1nc(C2CC2)no1. The lowest BCUT2D eigenvalue weighted by Gasteiger charge is -2.18. The van der Waals surface area contributed by atoms with Gasteiger partial charge >= 0.3 is 0 Å². The Morgan fingerprint density at radius 1 is 1.14 bits per heavy atom.